The van der Waals surface area contributed by atoms with Crippen LogP contribution in [-0.2, 0) is 17.6 Å². The first kappa shape index (κ1) is 29.4. The van der Waals surface area contributed by atoms with Gasteiger partial charge in [-0.2, -0.15) is 10.2 Å². The van der Waals surface area contributed by atoms with Gasteiger partial charge in [0.1, 0.15) is 18.1 Å². The van der Waals surface area contributed by atoms with Crippen molar-refractivity contribution in [3.8, 4) is 34.7 Å². The third-order valence-electron chi connectivity index (χ3n) is 5.80. The van der Waals surface area contributed by atoms with Gasteiger partial charge in [-0.3, -0.25) is 5.14 Å². The first-order chi connectivity index (χ1) is 18.9. The predicted molar refractivity (Wildman–Crippen MR) is 155 cm³/mol. The summed E-state index contributed by atoms with van der Waals surface area (Å²) in [5.41, 5.74) is 6.00. The second kappa shape index (κ2) is 14.7. The third kappa shape index (κ3) is 7.93. The maximum Gasteiger partial charge on any atom is 0.258 e. The van der Waals surface area contributed by atoms with E-state index < -0.39 is 0 Å². The Bertz CT molecular complexity index is 1390. The van der Waals surface area contributed by atoms with Crippen LogP contribution in [0.3, 0.4) is 0 Å². The van der Waals surface area contributed by atoms with E-state index in [4.69, 9.17) is 19.2 Å². The topological polar surface area (TPSA) is 127 Å². The summed E-state index contributed by atoms with van der Waals surface area (Å²) < 4.78 is 11.1. The van der Waals surface area contributed by atoms with Crippen LogP contribution in [0.5, 0.6) is 5.75 Å². The summed E-state index contributed by atoms with van der Waals surface area (Å²) in [4.78, 5) is 14.5. The highest BCUT2D eigenvalue weighted by atomic mass is 32.2. The molecule has 0 unspecified atom stereocenters. The minimum atomic E-state index is 0.00290. The number of aldehydes is 1. The molecule has 8 nitrogen and oxygen atoms in total. The molecule has 202 valence electrons. The van der Waals surface area contributed by atoms with Crippen molar-refractivity contribution in [1.29, 1.82) is 5.26 Å². The summed E-state index contributed by atoms with van der Waals surface area (Å²) in [6.45, 7) is 5.30. The molecule has 9 heteroatoms. The van der Waals surface area contributed by atoms with E-state index in [-0.39, 0.29) is 6.10 Å². The molecule has 4 aromatic rings. The van der Waals surface area contributed by atoms with Crippen LogP contribution in [0.2, 0.25) is 0 Å². The summed E-state index contributed by atoms with van der Waals surface area (Å²) in [5, 5.41) is 21.9. The number of rotatable bonds is 6. The maximum atomic E-state index is 9.40. The van der Waals surface area contributed by atoms with Crippen molar-refractivity contribution in [2.24, 2.45) is 5.14 Å². The molecule has 0 saturated carbocycles. The number of hydrogen-bond acceptors (Lipinski definition) is 9. The number of nitrogens with two attached hydrogens (primary N) is 1. The molecule has 5 rings (SSSR count). The van der Waals surface area contributed by atoms with Crippen molar-refractivity contribution in [2.75, 3.05) is 12.4 Å². The molecular weight excluding hydrogens is 510 g/mol. The number of hydrogen-bond donors (Lipinski definition) is 2. The fourth-order valence-corrected chi connectivity index (χ4v) is 4.38. The van der Waals surface area contributed by atoms with Crippen LogP contribution >= 0.6 is 11.9 Å². The van der Waals surface area contributed by atoms with Crippen LogP contribution in [0.1, 0.15) is 43.9 Å². The van der Waals surface area contributed by atoms with Crippen molar-refractivity contribution in [3.05, 3.63) is 77.4 Å². The zero-order valence-corrected chi connectivity index (χ0v) is 23.4. The number of ether oxygens (including phenoxy) is 1. The van der Waals surface area contributed by atoms with Crippen molar-refractivity contribution < 1.29 is 14.1 Å². The number of anilines is 1. The van der Waals surface area contributed by atoms with E-state index in [0.717, 1.165) is 35.3 Å². The summed E-state index contributed by atoms with van der Waals surface area (Å²) in [7, 11) is 1.89. The Labute approximate surface area is 233 Å². The predicted octanol–water partition coefficient (Wildman–Crippen LogP) is 6.45. The lowest BCUT2D eigenvalue weighted by Gasteiger charge is -2.11. The summed E-state index contributed by atoms with van der Waals surface area (Å²) in [5.74, 6) is 1.56. The van der Waals surface area contributed by atoms with Gasteiger partial charge in [-0.05, 0) is 106 Å². The van der Waals surface area contributed by atoms with Crippen LogP contribution in [0.15, 0.2) is 70.1 Å². The highest BCUT2D eigenvalue weighted by Crippen LogP contribution is 2.33. The number of nitrogens with zero attached hydrogens (tertiary/aromatic N) is 3. The highest BCUT2D eigenvalue weighted by molar-refractivity contribution is 7.97. The highest BCUT2D eigenvalue weighted by Gasteiger charge is 2.20. The van der Waals surface area contributed by atoms with Crippen molar-refractivity contribution in [1.82, 2.24) is 10.1 Å². The van der Waals surface area contributed by atoms with Gasteiger partial charge in [-0.1, -0.05) is 23.4 Å². The molecule has 3 aromatic carbocycles. The van der Waals surface area contributed by atoms with Crippen LogP contribution in [0.25, 0.3) is 22.8 Å². The van der Waals surface area contributed by atoms with Crippen molar-refractivity contribution >= 4 is 23.9 Å². The van der Waals surface area contributed by atoms with Gasteiger partial charge in [-0.15, -0.1) is 0 Å². The molecule has 0 fully saturated rings. The Morgan fingerprint density at radius 1 is 1.15 bits per heavy atom. The van der Waals surface area contributed by atoms with Gasteiger partial charge >= 0.3 is 0 Å². The van der Waals surface area contributed by atoms with Gasteiger partial charge in [0.2, 0.25) is 5.82 Å². The molecule has 0 radical (unpaired) electrons. The largest absolute Gasteiger partial charge is 0.490 e. The summed E-state index contributed by atoms with van der Waals surface area (Å²) in [6, 6.07) is 21.7. The molecule has 0 spiro atoms. The van der Waals surface area contributed by atoms with Gasteiger partial charge in [0, 0.05) is 28.8 Å². The minimum Gasteiger partial charge on any atom is -0.490 e. The average Bonchev–Trinajstić information content (AvgIpc) is 3.64. The molecule has 39 heavy (non-hydrogen) atoms. The number of nitrogens with one attached hydrogen (secondary N) is 1. The molecule has 0 bridgehead atoms. The first-order valence-corrected chi connectivity index (χ1v) is 13.5. The Balaban J connectivity index is 0.000000270. The zero-order chi connectivity index (χ0) is 28.2. The summed E-state index contributed by atoms with van der Waals surface area (Å²) in [6.07, 6.45) is 4.08. The van der Waals surface area contributed by atoms with Gasteiger partial charge in [0.05, 0.1) is 11.7 Å². The Morgan fingerprint density at radius 3 is 2.54 bits per heavy atom. The fraction of sp³-hybridized carbons (Fsp3) is 0.267. The van der Waals surface area contributed by atoms with E-state index in [0.29, 0.717) is 28.6 Å². The molecule has 1 aliphatic carbocycles. The van der Waals surface area contributed by atoms with Gasteiger partial charge in [-0.25, -0.2) is 0 Å². The Morgan fingerprint density at radius 2 is 1.90 bits per heavy atom. The molecule has 0 saturated heterocycles. The Hall–Kier alpha value is -4.13. The molecule has 1 aromatic heterocycles. The lowest BCUT2D eigenvalue weighted by Crippen LogP contribution is -2.06. The number of fused-ring (bicyclic) bond motifs is 1. The molecule has 1 heterocycles. The second-order valence-corrected chi connectivity index (χ2v) is 9.54. The van der Waals surface area contributed by atoms with E-state index in [2.05, 4.69) is 27.6 Å². The van der Waals surface area contributed by atoms with Crippen LogP contribution < -0.4 is 15.2 Å². The van der Waals surface area contributed by atoms with Crippen molar-refractivity contribution in [2.45, 2.75) is 51.0 Å². The SMILES string of the molecule is CC(C)Oc1ccc(-c2nc(-c3cccc4c3CCC4)no2)cc1C#N.CC=O.CNc1ccc(SN)cc1. The molecule has 0 atom stereocenters. The Kier molecular flexibility index (Phi) is 11.1. The standard InChI is InChI=1S/C21H19N3O2.C7H10N2S.C2H4O/c1-13(2)25-19-10-9-15(11-16(19)12-22)21-23-20(24-26-21)18-8-4-6-14-5-3-7-17(14)18;1-9-6-2-4-7(10-8)5-3-6;1-2-3/h4,6,8-11,13H,3,5,7H2,1-2H3;2-5,9H,8H2,1H3;2H,1H3. The fourth-order valence-electron chi connectivity index (χ4n) is 4.09. The number of aryl methyl sites for hydroxylation is 1. The maximum absolute atomic E-state index is 9.40. The monoisotopic (exact) mass is 543 g/mol. The third-order valence-corrected chi connectivity index (χ3v) is 6.35. The normalized spacial score (nSPS) is 11.3. The van der Waals surface area contributed by atoms with Crippen LogP contribution in [0.4, 0.5) is 5.69 Å². The van der Waals surface area contributed by atoms with Crippen LogP contribution in [0, 0.1) is 11.3 Å². The molecule has 0 amide bonds. The number of aromatic nitrogens is 2. The minimum absolute atomic E-state index is 0.00290. The molecular formula is C30H33N5O3S. The average molecular weight is 544 g/mol. The number of carbonyl (C=O) groups excluding carboxylic acids is 1. The van der Waals surface area contributed by atoms with E-state index in [1.807, 2.05) is 63.4 Å². The smallest absolute Gasteiger partial charge is 0.258 e. The van der Waals surface area contributed by atoms with Crippen LogP contribution in [-0.4, -0.2) is 29.6 Å². The number of nitriles is 1. The van der Waals surface area contributed by atoms with E-state index >= 15 is 0 Å². The molecule has 3 N–H and O–H groups in total. The van der Waals surface area contributed by atoms with E-state index in [1.165, 1.54) is 36.4 Å². The lowest BCUT2D eigenvalue weighted by atomic mass is 10.0. The van der Waals surface area contributed by atoms with E-state index in [1.54, 1.807) is 12.1 Å². The van der Waals surface area contributed by atoms with E-state index in [9.17, 15) is 5.26 Å². The second-order valence-electron chi connectivity index (χ2n) is 8.84. The molecule has 1 aliphatic rings. The number of carbonyl (C=O) groups is 1. The number of benzene rings is 3. The zero-order valence-electron chi connectivity index (χ0n) is 22.6. The van der Waals surface area contributed by atoms with Gasteiger partial charge < -0.3 is 19.4 Å². The lowest BCUT2D eigenvalue weighted by molar-refractivity contribution is -0.106. The molecule has 0 aliphatic heterocycles. The van der Waals surface area contributed by atoms with Gasteiger partial charge in [0.25, 0.3) is 5.89 Å². The van der Waals surface area contributed by atoms with Gasteiger partial charge in [0.15, 0.2) is 0 Å². The van der Waals surface area contributed by atoms with Crippen molar-refractivity contribution in [3.63, 3.8) is 0 Å². The summed E-state index contributed by atoms with van der Waals surface area (Å²) >= 11 is 1.26. The first-order valence-electron chi connectivity index (χ1n) is 12.6. The quantitative estimate of drug-likeness (QED) is 0.208.